The van der Waals surface area contributed by atoms with Crippen LogP contribution in [-0.2, 0) is 19.1 Å². The van der Waals surface area contributed by atoms with Crippen molar-refractivity contribution in [3.8, 4) is 11.1 Å². The van der Waals surface area contributed by atoms with Gasteiger partial charge in [0, 0.05) is 19.1 Å². The van der Waals surface area contributed by atoms with Crippen LogP contribution in [0.4, 0.5) is 4.79 Å². The van der Waals surface area contributed by atoms with Crippen molar-refractivity contribution in [2.75, 3.05) is 19.8 Å². The van der Waals surface area contributed by atoms with Crippen molar-refractivity contribution in [1.29, 1.82) is 0 Å². The number of fused-ring (bicyclic) bond motifs is 3. The molecule has 2 aromatic carbocycles. The number of carboxylic acid groups (broad SMARTS) is 1. The first-order valence-electron chi connectivity index (χ1n) is 12.2. The highest BCUT2D eigenvalue weighted by molar-refractivity contribution is 5.84. The number of carbonyl (C=O) groups excluding carboxylic acids is 2. The van der Waals surface area contributed by atoms with Crippen LogP contribution in [-0.4, -0.2) is 55.0 Å². The fraction of sp³-hybridized carbons (Fsp3) is 0.444. The van der Waals surface area contributed by atoms with Crippen molar-refractivity contribution in [3.63, 3.8) is 0 Å². The molecule has 0 aliphatic heterocycles. The van der Waals surface area contributed by atoms with Crippen LogP contribution in [0.5, 0.6) is 0 Å². The summed E-state index contributed by atoms with van der Waals surface area (Å²) < 4.78 is 11.1. The third-order valence-electron chi connectivity index (χ3n) is 6.11. The molecular formula is C27H34N2O6. The molecule has 1 aliphatic carbocycles. The van der Waals surface area contributed by atoms with Gasteiger partial charge in [-0.3, -0.25) is 4.79 Å². The van der Waals surface area contributed by atoms with E-state index in [1.54, 1.807) is 6.92 Å². The zero-order valence-corrected chi connectivity index (χ0v) is 20.3. The molecule has 2 amide bonds. The molecule has 0 bridgehead atoms. The fourth-order valence-corrected chi connectivity index (χ4v) is 4.40. The van der Waals surface area contributed by atoms with Gasteiger partial charge in [-0.15, -0.1) is 0 Å². The molecule has 2 aromatic rings. The lowest BCUT2D eigenvalue weighted by molar-refractivity contribution is -0.142. The van der Waals surface area contributed by atoms with E-state index in [2.05, 4.69) is 34.9 Å². The average Bonchev–Trinajstić information content (AvgIpc) is 3.17. The highest BCUT2D eigenvalue weighted by Crippen LogP contribution is 2.44. The van der Waals surface area contributed by atoms with Gasteiger partial charge in [-0.2, -0.15) is 0 Å². The number of nitrogens with one attached hydrogen (secondary N) is 2. The number of hydrogen-bond acceptors (Lipinski definition) is 5. The SMILES string of the molecule is CCCCC(NC(=O)CC(CNC(=O)OCC1c2ccccc2-c2ccccc21)OCC)C(=O)O. The van der Waals surface area contributed by atoms with Crippen molar-refractivity contribution in [2.45, 2.75) is 57.6 Å². The standard InChI is InChI=1S/C27H34N2O6/c1-3-5-14-24(26(31)32)29-25(30)15-18(34-4-2)16-28-27(33)35-17-23-21-12-8-6-10-19(21)20-11-7-9-13-22(20)23/h6-13,18,23-24H,3-5,14-17H2,1-2H3,(H,28,33)(H,29,30)(H,31,32). The smallest absolute Gasteiger partial charge is 0.407 e. The third kappa shape index (κ3) is 7.05. The van der Waals surface area contributed by atoms with Crippen LogP contribution >= 0.6 is 0 Å². The highest BCUT2D eigenvalue weighted by Gasteiger charge is 2.29. The molecule has 8 heteroatoms. The normalized spacial score (nSPS) is 13.9. The van der Waals surface area contributed by atoms with E-state index >= 15 is 0 Å². The maximum absolute atomic E-state index is 12.4. The molecule has 3 rings (SSSR count). The highest BCUT2D eigenvalue weighted by atomic mass is 16.5. The van der Waals surface area contributed by atoms with Crippen LogP contribution in [0.25, 0.3) is 11.1 Å². The first-order chi connectivity index (χ1) is 16.9. The summed E-state index contributed by atoms with van der Waals surface area (Å²) >= 11 is 0. The van der Waals surface area contributed by atoms with Crippen LogP contribution in [0, 0.1) is 0 Å². The predicted molar refractivity (Wildman–Crippen MR) is 132 cm³/mol. The van der Waals surface area contributed by atoms with Gasteiger partial charge in [0.1, 0.15) is 12.6 Å². The number of amides is 2. The number of ether oxygens (including phenoxy) is 2. The lowest BCUT2D eigenvalue weighted by Gasteiger charge is -2.20. The topological polar surface area (TPSA) is 114 Å². The van der Waals surface area contributed by atoms with Gasteiger partial charge in [0.15, 0.2) is 0 Å². The van der Waals surface area contributed by atoms with E-state index in [0.29, 0.717) is 19.4 Å². The fourth-order valence-electron chi connectivity index (χ4n) is 4.40. The van der Waals surface area contributed by atoms with Gasteiger partial charge >= 0.3 is 12.1 Å². The van der Waals surface area contributed by atoms with Gasteiger partial charge in [0.2, 0.25) is 5.91 Å². The number of hydrogen-bond donors (Lipinski definition) is 3. The van der Waals surface area contributed by atoms with Gasteiger partial charge in [0.05, 0.1) is 12.5 Å². The summed E-state index contributed by atoms with van der Waals surface area (Å²) in [4.78, 5) is 36.2. The predicted octanol–water partition coefficient (Wildman–Crippen LogP) is 4.08. The second-order valence-electron chi connectivity index (χ2n) is 8.59. The summed E-state index contributed by atoms with van der Waals surface area (Å²) in [6.07, 6.45) is 0.660. The van der Waals surface area contributed by atoms with E-state index in [1.165, 1.54) is 0 Å². The Kier molecular flexibility index (Phi) is 9.66. The maximum Gasteiger partial charge on any atom is 0.407 e. The Hall–Kier alpha value is -3.39. The molecule has 0 aromatic heterocycles. The molecule has 0 radical (unpaired) electrons. The van der Waals surface area contributed by atoms with E-state index < -0.39 is 30.1 Å². The van der Waals surface area contributed by atoms with E-state index in [9.17, 15) is 19.5 Å². The molecule has 1 aliphatic rings. The lowest BCUT2D eigenvalue weighted by Crippen LogP contribution is -2.44. The molecular weight excluding hydrogens is 448 g/mol. The van der Waals surface area contributed by atoms with Gasteiger partial charge < -0.3 is 25.2 Å². The minimum absolute atomic E-state index is 0.0438. The number of carbonyl (C=O) groups is 3. The Bertz CT molecular complexity index is 979. The molecule has 35 heavy (non-hydrogen) atoms. The molecule has 188 valence electrons. The lowest BCUT2D eigenvalue weighted by atomic mass is 9.98. The zero-order valence-electron chi connectivity index (χ0n) is 20.3. The van der Waals surface area contributed by atoms with Crippen LogP contribution < -0.4 is 10.6 Å². The van der Waals surface area contributed by atoms with Crippen molar-refractivity contribution in [1.82, 2.24) is 10.6 Å². The van der Waals surface area contributed by atoms with Crippen LogP contribution in [0.1, 0.15) is 56.6 Å². The number of alkyl carbamates (subject to hydrolysis) is 1. The average molecular weight is 483 g/mol. The summed E-state index contributed by atoms with van der Waals surface area (Å²) in [5.41, 5.74) is 4.55. The van der Waals surface area contributed by atoms with Crippen molar-refractivity contribution in [3.05, 3.63) is 59.7 Å². The van der Waals surface area contributed by atoms with Crippen LogP contribution in [0.2, 0.25) is 0 Å². The largest absolute Gasteiger partial charge is 0.480 e. The molecule has 8 nitrogen and oxygen atoms in total. The minimum atomic E-state index is -1.06. The van der Waals surface area contributed by atoms with E-state index in [4.69, 9.17) is 9.47 Å². The molecule has 0 fully saturated rings. The minimum Gasteiger partial charge on any atom is -0.480 e. The van der Waals surface area contributed by atoms with Gasteiger partial charge in [-0.25, -0.2) is 9.59 Å². The van der Waals surface area contributed by atoms with Gasteiger partial charge in [-0.1, -0.05) is 68.3 Å². The first kappa shape index (κ1) is 26.2. The van der Waals surface area contributed by atoms with Gasteiger partial charge in [-0.05, 0) is 35.6 Å². The Morgan fingerprint density at radius 2 is 1.63 bits per heavy atom. The Morgan fingerprint density at radius 3 is 2.20 bits per heavy atom. The summed E-state index contributed by atoms with van der Waals surface area (Å²) in [7, 11) is 0. The van der Waals surface area contributed by atoms with Crippen molar-refractivity contribution >= 4 is 18.0 Å². The second-order valence-corrected chi connectivity index (χ2v) is 8.59. The molecule has 2 atom stereocenters. The van der Waals surface area contributed by atoms with Crippen molar-refractivity contribution < 1.29 is 29.0 Å². The quantitative estimate of drug-likeness (QED) is 0.396. The number of aliphatic carboxylic acids is 1. The van der Waals surface area contributed by atoms with Crippen LogP contribution in [0.15, 0.2) is 48.5 Å². The molecule has 0 spiro atoms. The zero-order chi connectivity index (χ0) is 25.2. The third-order valence-corrected chi connectivity index (χ3v) is 6.11. The summed E-state index contributed by atoms with van der Waals surface area (Å²) in [6, 6.07) is 15.3. The monoisotopic (exact) mass is 482 g/mol. The van der Waals surface area contributed by atoms with Crippen LogP contribution in [0.3, 0.4) is 0 Å². The Labute approximate surface area is 206 Å². The molecule has 3 N–H and O–H groups in total. The molecule has 0 saturated carbocycles. The maximum atomic E-state index is 12.4. The van der Waals surface area contributed by atoms with Gasteiger partial charge in [0.25, 0.3) is 0 Å². The molecule has 2 unspecified atom stereocenters. The van der Waals surface area contributed by atoms with E-state index in [0.717, 1.165) is 28.7 Å². The number of rotatable bonds is 13. The Balaban J connectivity index is 1.51. The number of benzene rings is 2. The number of carboxylic acids is 1. The Morgan fingerprint density at radius 1 is 1.00 bits per heavy atom. The summed E-state index contributed by atoms with van der Waals surface area (Å²) in [5, 5.41) is 14.5. The van der Waals surface area contributed by atoms with Crippen molar-refractivity contribution in [2.24, 2.45) is 0 Å². The first-order valence-corrected chi connectivity index (χ1v) is 12.2. The summed E-state index contributed by atoms with van der Waals surface area (Å²) in [6.45, 7) is 4.37. The van der Waals surface area contributed by atoms with E-state index in [-0.39, 0.29) is 25.5 Å². The van der Waals surface area contributed by atoms with E-state index in [1.807, 2.05) is 31.2 Å². The molecule has 0 saturated heterocycles. The molecule has 0 heterocycles. The number of unbranched alkanes of at least 4 members (excludes halogenated alkanes) is 1. The second kappa shape index (κ2) is 12.9. The summed E-state index contributed by atoms with van der Waals surface area (Å²) in [5.74, 6) is -1.53.